The van der Waals surface area contributed by atoms with Gasteiger partial charge in [0.15, 0.2) is 0 Å². The molecule has 0 aromatic heterocycles. The monoisotopic (exact) mass is 419 g/mol. The van der Waals surface area contributed by atoms with E-state index in [-0.39, 0.29) is 12.0 Å². The van der Waals surface area contributed by atoms with Crippen molar-refractivity contribution in [2.24, 2.45) is 0 Å². The zero-order valence-corrected chi connectivity index (χ0v) is 14.9. The Bertz CT molecular complexity index is 855. The fourth-order valence-corrected chi connectivity index (χ4v) is 3.58. The van der Waals surface area contributed by atoms with Gasteiger partial charge in [-0.05, 0) is 48.7 Å². The zero-order chi connectivity index (χ0) is 21.4. The van der Waals surface area contributed by atoms with E-state index in [0.717, 1.165) is 5.56 Å². The molecule has 2 atom stereocenters. The van der Waals surface area contributed by atoms with Crippen molar-refractivity contribution in [3.63, 3.8) is 0 Å². The minimum atomic E-state index is -5.03. The molecule has 0 saturated heterocycles. The molecule has 0 unspecified atom stereocenters. The Morgan fingerprint density at radius 3 is 1.93 bits per heavy atom. The average molecular weight is 419 g/mol. The van der Waals surface area contributed by atoms with E-state index in [1.54, 1.807) is 12.1 Å². The molecule has 0 aliphatic heterocycles. The Morgan fingerprint density at radius 2 is 1.41 bits per heavy atom. The number of hydrogen-bond acceptors (Lipinski definition) is 1. The van der Waals surface area contributed by atoms with Gasteiger partial charge >= 0.3 is 12.4 Å². The summed E-state index contributed by atoms with van der Waals surface area (Å²) >= 11 is 0. The van der Waals surface area contributed by atoms with Crippen molar-refractivity contribution in [2.75, 3.05) is 0 Å². The lowest BCUT2D eigenvalue weighted by Crippen LogP contribution is -2.36. The molecule has 0 heterocycles. The van der Waals surface area contributed by atoms with E-state index >= 15 is 0 Å². The van der Waals surface area contributed by atoms with Crippen molar-refractivity contribution < 1.29 is 35.5 Å². The van der Waals surface area contributed by atoms with Gasteiger partial charge < -0.3 is 5.32 Å². The van der Waals surface area contributed by atoms with Crippen LogP contribution in [0.2, 0.25) is 0 Å². The molecule has 1 N–H and O–H groups in total. The second-order valence-corrected chi connectivity index (χ2v) is 6.96. The van der Waals surface area contributed by atoms with E-state index in [4.69, 9.17) is 0 Å². The number of nitrogens with one attached hydrogen (secondary N) is 1. The highest BCUT2D eigenvalue weighted by Crippen LogP contribution is 2.37. The van der Waals surface area contributed by atoms with Gasteiger partial charge in [0.1, 0.15) is 5.82 Å². The van der Waals surface area contributed by atoms with Crippen LogP contribution >= 0.6 is 0 Å². The lowest BCUT2D eigenvalue weighted by atomic mass is 9.93. The summed E-state index contributed by atoms with van der Waals surface area (Å²) in [5.41, 5.74) is -3.05. The Labute approximate surface area is 161 Å². The van der Waals surface area contributed by atoms with E-state index in [0.29, 0.717) is 31.4 Å². The molecular weight excluding hydrogens is 403 g/mol. The van der Waals surface area contributed by atoms with Gasteiger partial charge in [-0.2, -0.15) is 26.3 Å². The van der Waals surface area contributed by atoms with Gasteiger partial charge in [0.05, 0.1) is 11.1 Å². The largest absolute Gasteiger partial charge is 0.416 e. The Balaban J connectivity index is 1.87. The zero-order valence-electron chi connectivity index (χ0n) is 14.9. The van der Waals surface area contributed by atoms with Crippen LogP contribution in [0.15, 0.2) is 42.5 Å². The maximum absolute atomic E-state index is 13.1. The van der Waals surface area contributed by atoms with Crippen LogP contribution < -0.4 is 5.32 Å². The molecule has 1 amide bonds. The first kappa shape index (κ1) is 21.1. The summed E-state index contributed by atoms with van der Waals surface area (Å²) in [6.45, 7) is 0. The van der Waals surface area contributed by atoms with Gasteiger partial charge in [0.2, 0.25) is 0 Å². The first-order valence-electron chi connectivity index (χ1n) is 8.81. The lowest BCUT2D eigenvalue weighted by molar-refractivity contribution is -0.143. The molecule has 0 spiro atoms. The van der Waals surface area contributed by atoms with E-state index in [1.165, 1.54) is 12.1 Å². The van der Waals surface area contributed by atoms with Crippen LogP contribution in [0.25, 0.3) is 0 Å². The molecule has 1 aliphatic rings. The molecule has 3 rings (SSSR count). The third-order valence-electron chi connectivity index (χ3n) is 4.98. The van der Waals surface area contributed by atoms with E-state index in [1.807, 2.05) is 0 Å². The van der Waals surface area contributed by atoms with Crippen LogP contribution in [0.5, 0.6) is 0 Å². The first-order valence-corrected chi connectivity index (χ1v) is 8.81. The summed E-state index contributed by atoms with van der Waals surface area (Å²) in [6, 6.07) is 5.94. The standard InChI is InChI=1S/C20H16F7NO/c21-15-6-4-11(5-7-15)16-2-1-3-17(16)28-18(29)12-8-13(19(22,23)24)10-14(9-12)20(25,26)27/h4-10,16-17H,1-3H2,(H,28,29)/t16-,17-/m1/s1. The van der Waals surface area contributed by atoms with Gasteiger partial charge in [-0.15, -0.1) is 0 Å². The number of rotatable bonds is 3. The number of alkyl halides is 6. The molecule has 9 heteroatoms. The first-order chi connectivity index (χ1) is 13.4. The lowest BCUT2D eigenvalue weighted by Gasteiger charge is -2.22. The van der Waals surface area contributed by atoms with Gasteiger partial charge in [0.25, 0.3) is 5.91 Å². The summed E-state index contributed by atoms with van der Waals surface area (Å²) in [5.74, 6) is -1.65. The van der Waals surface area contributed by atoms with Crippen LogP contribution in [0.1, 0.15) is 52.2 Å². The minimum absolute atomic E-state index is 0.0202. The summed E-state index contributed by atoms with van der Waals surface area (Å²) in [4.78, 5) is 12.5. The van der Waals surface area contributed by atoms with Crippen molar-refractivity contribution in [1.29, 1.82) is 0 Å². The number of amides is 1. The van der Waals surface area contributed by atoms with Crippen LogP contribution in [0.4, 0.5) is 30.7 Å². The minimum Gasteiger partial charge on any atom is -0.349 e. The Morgan fingerprint density at radius 1 is 0.862 bits per heavy atom. The van der Waals surface area contributed by atoms with Crippen molar-refractivity contribution in [2.45, 2.75) is 43.6 Å². The summed E-state index contributed by atoms with van der Waals surface area (Å²) in [5, 5.41) is 2.55. The fraction of sp³-hybridized carbons (Fsp3) is 0.350. The van der Waals surface area contributed by atoms with Crippen LogP contribution in [-0.2, 0) is 12.4 Å². The number of hydrogen-bond donors (Lipinski definition) is 1. The van der Waals surface area contributed by atoms with E-state index in [9.17, 15) is 35.5 Å². The Kier molecular flexibility index (Phi) is 5.60. The normalized spacial score (nSPS) is 20.0. The molecule has 2 nitrogen and oxygen atoms in total. The molecule has 1 saturated carbocycles. The predicted octanol–water partition coefficient (Wildman–Crippen LogP) is 5.93. The molecule has 2 aromatic rings. The predicted molar refractivity (Wildman–Crippen MR) is 90.7 cm³/mol. The molecule has 1 aliphatic carbocycles. The maximum atomic E-state index is 13.1. The summed E-state index contributed by atoms with van der Waals surface area (Å²) in [6.07, 6.45) is -8.17. The quantitative estimate of drug-likeness (QED) is 0.614. The molecule has 1 fully saturated rings. The second-order valence-electron chi connectivity index (χ2n) is 6.96. The third-order valence-corrected chi connectivity index (χ3v) is 4.98. The molecule has 0 radical (unpaired) electrons. The van der Waals surface area contributed by atoms with E-state index < -0.39 is 46.8 Å². The van der Waals surface area contributed by atoms with E-state index in [2.05, 4.69) is 5.32 Å². The van der Waals surface area contributed by atoms with Crippen molar-refractivity contribution in [3.05, 3.63) is 70.5 Å². The average Bonchev–Trinajstić information content (AvgIpc) is 3.08. The fourth-order valence-electron chi connectivity index (χ4n) is 3.58. The number of carbonyl (C=O) groups excluding carboxylic acids is 1. The molecule has 2 aromatic carbocycles. The van der Waals surface area contributed by atoms with Gasteiger partial charge in [-0.1, -0.05) is 18.6 Å². The SMILES string of the molecule is O=C(N[C@@H]1CCC[C@@H]1c1ccc(F)cc1)c1cc(C(F)(F)F)cc(C(F)(F)F)c1. The smallest absolute Gasteiger partial charge is 0.349 e. The van der Waals surface area contributed by atoms with Gasteiger partial charge in [0, 0.05) is 17.5 Å². The van der Waals surface area contributed by atoms with Crippen LogP contribution in [-0.4, -0.2) is 11.9 Å². The highest BCUT2D eigenvalue weighted by molar-refractivity contribution is 5.95. The van der Waals surface area contributed by atoms with Crippen molar-refractivity contribution >= 4 is 5.91 Å². The maximum Gasteiger partial charge on any atom is 0.416 e. The molecule has 0 bridgehead atoms. The summed E-state index contributed by atoms with van der Waals surface area (Å²) in [7, 11) is 0. The van der Waals surface area contributed by atoms with Gasteiger partial charge in [-0.25, -0.2) is 4.39 Å². The highest BCUT2D eigenvalue weighted by atomic mass is 19.4. The topological polar surface area (TPSA) is 29.1 Å². The second kappa shape index (κ2) is 7.68. The number of halogens is 7. The van der Waals surface area contributed by atoms with Crippen LogP contribution in [0, 0.1) is 5.82 Å². The third kappa shape index (κ3) is 4.89. The van der Waals surface area contributed by atoms with Crippen LogP contribution in [0.3, 0.4) is 0 Å². The Hall–Kier alpha value is -2.58. The highest BCUT2D eigenvalue weighted by Gasteiger charge is 2.38. The number of carbonyl (C=O) groups is 1. The van der Waals surface area contributed by atoms with Crippen molar-refractivity contribution in [3.8, 4) is 0 Å². The molecule has 29 heavy (non-hydrogen) atoms. The van der Waals surface area contributed by atoms with Crippen molar-refractivity contribution in [1.82, 2.24) is 5.32 Å². The molecular formula is C20H16F7NO. The van der Waals surface area contributed by atoms with Gasteiger partial charge in [-0.3, -0.25) is 4.79 Å². The summed E-state index contributed by atoms with van der Waals surface area (Å²) < 4.78 is 91.1. The molecule has 156 valence electrons. The number of benzene rings is 2.